The quantitative estimate of drug-likeness (QED) is 0.407. The molecule has 0 aromatic heterocycles. The second-order valence-electron chi connectivity index (χ2n) is 5.86. The molecule has 0 aliphatic carbocycles. The van der Waals surface area contributed by atoms with Gasteiger partial charge < -0.3 is 14.7 Å². The average molecular weight is 428 g/mol. The Balaban J connectivity index is 2.12. The van der Waals surface area contributed by atoms with Crippen LogP contribution in [0.25, 0.3) is 0 Å². The monoisotopic (exact) mass is 428 g/mol. The van der Waals surface area contributed by atoms with E-state index in [-0.39, 0.29) is 18.8 Å². The molecular formula is C19H19F3N2O4S. The minimum absolute atomic E-state index is 0.0829. The topological polar surface area (TPSA) is 71.4 Å². The third-order valence-corrected chi connectivity index (χ3v) is 4.41. The van der Waals surface area contributed by atoms with Crippen LogP contribution in [-0.2, 0) is 4.84 Å². The van der Waals surface area contributed by atoms with Gasteiger partial charge in [-0.2, -0.15) is 13.2 Å². The Kier molecular flexibility index (Phi) is 7.91. The summed E-state index contributed by atoms with van der Waals surface area (Å²) in [4.78, 5) is 18.2. The molecule has 0 bridgehead atoms. The first-order valence-corrected chi connectivity index (χ1v) is 9.18. The lowest BCUT2D eigenvalue weighted by Gasteiger charge is -2.12. The largest absolute Gasteiger partial charge is 0.491 e. The van der Waals surface area contributed by atoms with E-state index < -0.39 is 18.0 Å². The van der Waals surface area contributed by atoms with Crippen LogP contribution in [0, 0.1) is 0 Å². The molecule has 0 fully saturated rings. The van der Waals surface area contributed by atoms with Crippen molar-refractivity contribution in [2.75, 3.05) is 27.3 Å². The number of aliphatic hydroxyl groups is 1. The number of hydrogen-bond acceptors (Lipinski definition) is 6. The molecule has 0 aliphatic heterocycles. The summed E-state index contributed by atoms with van der Waals surface area (Å²) in [5.74, 6) is 0.608. The van der Waals surface area contributed by atoms with Crippen LogP contribution in [0.1, 0.15) is 5.56 Å². The van der Waals surface area contributed by atoms with Gasteiger partial charge in [0, 0.05) is 29.4 Å². The van der Waals surface area contributed by atoms with E-state index >= 15 is 0 Å². The summed E-state index contributed by atoms with van der Waals surface area (Å²) in [5.41, 5.74) is -1.52. The van der Waals surface area contributed by atoms with E-state index in [2.05, 4.69) is 9.99 Å². The van der Waals surface area contributed by atoms with E-state index in [0.29, 0.717) is 10.6 Å². The van der Waals surface area contributed by atoms with Crippen LogP contribution < -0.4 is 4.74 Å². The predicted molar refractivity (Wildman–Crippen MR) is 102 cm³/mol. The van der Waals surface area contributed by atoms with Gasteiger partial charge >= 0.3 is 12.3 Å². The van der Waals surface area contributed by atoms with Crippen molar-refractivity contribution < 1.29 is 32.6 Å². The molecule has 2 aromatic rings. The van der Waals surface area contributed by atoms with Gasteiger partial charge in [0.25, 0.3) is 0 Å². The number of oxime groups is 1. The summed E-state index contributed by atoms with van der Waals surface area (Å²) in [5, 5.41) is 11.7. The van der Waals surface area contributed by atoms with Gasteiger partial charge in [-0.15, -0.1) is 0 Å². The Morgan fingerprint density at radius 1 is 1.07 bits per heavy atom. The zero-order valence-electron chi connectivity index (χ0n) is 15.6. The number of benzene rings is 2. The van der Waals surface area contributed by atoms with Crippen molar-refractivity contribution >= 4 is 23.6 Å². The maximum absolute atomic E-state index is 13.3. The minimum atomic E-state index is -4.79. The van der Waals surface area contributed by atoms with Crippen LogP contribution in [0.3, 0.4) is 0 Å². The van der Waals surface area contributed by atoms with Crippen molar-refractivity contribution in [3.05, 3.63) is 54.1 Å². The number of aliphatic hydroxyl groups excluding tert-OH is 1. The van der Waals surface area contributed by atoms with Crippen LogP contribution in [0.5, 0.6) is 5.75 Å². The fraction of sp³-hybridized carbons (Fsp3) is 0.263. The zero-order valence-corrected chi connectivity index (χ0v) is 16.5. The maximum atomic E-state index is 13.3. The normalized spacial score (nSPS) is 11.9. The molecule has 29 heavy (non-hydrogen) atoms. The number of alkyl halides is 3. The van der Waals surface area contributed by atoms with Gasteiger partial charge in [-0.1, -0.05) is 29.1 Å². The van der Waals surface area contributed by atoms with Gasteiger partial charge in [-0.25, -0.2) is 4.79 Å². The molecule has 0 unspecified atom stereocenters. The molecule has 0 radical (unpaired) electrons. The fourth-order valence-corrected chi connectivity index (χ4v) is 2.84. The highest BCUT2D eigenvalue weighted by Gasteiger charge is 2.38. The lowest BCUT2D eigenvalue weighted by atomic mass is 10.1. The molecule has 0 spiro atoms. The van der Waals surface area contributed by atoms with Crippen LogP contribution in [0.15, 0.2) is 63.5 Å². The lowest BCUT2D eigenvalue weighted by Crippen LogP contribution is -2.27. The highest BCUT2D eigenvalue weighted by atomic mass is 32.2. The first-order chi connectivity index (χ1) is 13.7. The molecule has 10 heteroatoms. The average Bonchev–Trinajstić information content (AvgIpc) is 2.67. The van der Waals surface area contributed by atoms with E-state index in [9.17, 15) is 18.0 Å². The van der Waals surface area contributed by atoms with Gasteiger partial charge in [-0.05, 0) is 36.4 Å². The molecule has 0 saturated carbocycles. The number of nitrogens with zero attached hydrogens (tertiary/aromatic N) is 2. The lowest BCUT2D eigenvalue weighted by molar-refractivity contribution is -0.0604. The van der Waals surface area contributed by atoms with E-state index in [0.717, 1.165) is 9.80 Å². The van der Waals surface area contributed by atoms with Gasteiger partial charge in [0.1, 0.15) is 12.4 Å². The summed E-state index contributed by atoms with van der Waals surface area (Å²) in [6, 6.07) is 12.6. The van der Waals surface area contributed by atoms with Crippen molar-refractivity contribution in [1.29, 1.82) is 0 Å². The first-order valence-electron chi connectivity index (χ1n) is 8.36. The molecule has 2 aromatic carbocycles. The molecule has 2 rings (SSSR count). The van der Waals surface area contributed by atoms with Crippen LogP contribution in [0.2, 0.25) is 0 Å². The van der Waals surface area contributed by atoms with Crippen molar-refractivity contribution in [1.82, 2.24) is 4.90 Å². The van der Waals surface area contributed by atoms with Gasteiger partial charge in [-0.3, -0.25) is 4.84 Å². The molecular weight excluding hydrogens is 409 g/mol. The van der Waals surface area contributed by atoms with E-state index in [1.807, 2.05) is 0 Å². The molecule has 0 atom stereocenters. The van der Waals surface area contributed by atoms with Crippen LogP contribution in [-0.4, -0.2) is 55.3 Å². The summed E-state index contributed by atoms with van der Waals surface area (Å²) < 4.78 is 45.1. The smallest absolute Gasteiger partial charge is 0.437 e. The van der Waals surface area contributed by atoms with Gasteiger partial charge in [0.15, 0.2) is 5.71 Å². The summed E-state index contributed by atoms with van der Waals surface area (Å²) >= 11 is 1.35. The molecule has 0 heterocycles. The fourth-order valence-electron chi connectivity index (χ4n) is 2.02. The first kappa shape index (κ1) is 22.6. The summed E-state index contributed by atoms with van der Waals surface area (Å²) in [7, 11) is 2.67. The predicted octanol–water partition coefficient (Wildman–Crippen LogP) is 4.17. The summed E-state index contributed by atoms with van der Waals surface area (Å²) in [6.07, 6.45) is -5.80. The third kappa shape index (κ3) is 6.99. The number of carbonyl (C=O) groups is 1. The molecule has 1 N–H and O–H groups in total. The number of rotatable bonds is 7. The number of ether oxygens (including phenoxy) is 1. The van der Waals surface area contributed by atoms with Gasteiger partial charge in [0.05, 0.1) is 6.61 Å². The molecule has 156 valence electrons. The number of amides is 1. The van der Waals surface area contributed by atoms with E-state index in [1.165, 1.54) is 50.1 Å². The Morgan fingerprint density at radius 2 is 1.62 bits per heavy atom. The molecule has 1 amide bonds. The Hall–Kier alpha value is -2.72. The third-order valence-electron chi connectivity index (χ3n) is 3.40. The Labute approximate surface area is 169 Å². The minimum Gasteiger partial charge on any atom is -0.491 e. The van der Waals surface area contributed by atoms with Crippen molar-refractivity contribution in [3.63, 3.8) is 0 Å². The number of halogens is 3. The Bertz CT molecular complexity index is 838. The molecule has 0 saturated heterocycles. The second-order valence-corrected chi connectivity index (χ2v) is 7.01. The van der Waals surface area contributed by atoms with Gasteiger partial charge in [0.2, 0.25) is 0 Å². The van der Waals surface area contributed by atoms with Crippen molar-refractivity contribution in [3.8, 4) is 5.75 Å². The van der Waals surface area contributed by atoms with Crippen LogP contribution in [0.4, 0.5) is 18.0 Å². The zero-order chi connectivity index (χ0) is 21.4. The van der Waals surface area contributed by atoms with Crippen LogP contribution >= 0.6 is 11.8 Å². The highest BCUT2D eigenvalue weighted by Crippen LogP contribution is 2.30. The van der Waals surface area contributed by atoms with Crippen molar-refractivity contribution in [2.24, 2.45) is 5.16 Å². The number of carbonyl (C=O) groups excluding carboxylic acids is 1. The van der Waals surface area contributed by atoms with Crippen molar-refractivity contribution in [2.45, 2.75) is 16.0 Å². The van der Waals surface area contributed by atoms with E-state index in [4.69, 9.17) is 9.84 Å². The van der Waals surface area contributed by atoms with E-state index in [1.54, 1.807) is 24.3 Å². The molecule has 0 aliphatic rings. The Morgan fingerprint density at radius 3 is 2.10 bits per heavy atom. The second kappa shape index (κ2) is 10.2. The number of hydrogen-bond donors (Lipinski definition) is 1. The highest BCUT2D eigenvalue weighted by molar-refractivity contribution is 7.99. The molecule has 6 nitrogen and oxygen atoms in total. The standard InChI is InChI=1S/C19H19F3N2O4S/c1-24(2)18(26)28-23-17(19(20,21)22)13-3-7-15(8-4-13)29-16-9-5-14(6-10-16)27-12-11-25/h3-10,25H,11-12H2,1-2H3/b23-17-. The SMILES string of the molecule is CN(C)C(=O)O/N=C(/c1ccc(Sc2ccc(OCCO)cc2)cc1)C(F)(F)F. The maximum Gasteiger partial charge on any atom is 0.437 e. The summed E-state index contributed by atoms with van der Waals surface area (Å²) in [6.45, 7) is 0.112.